The molecule has 0 saturated carbocycles. The summed E-state index contributed by atoms with van der Waals surface area (Å²) in [4.78, 5) is 15.2. The van der Waals surface area contributed by atoms with Gasteiger partial charge in [-0.1, -0.05) is 30.0 Å². The first-order valence-electron chi connectivity index (χ1n) is 11.6. The molecular formula is C27H21F5N3OS2+. The fourth-order valence-electron chi connectivity index (χ4n) is 4.33. The van der Waals surface area contributed by atoms with Gasteiger partial charge in [0.25, 0.3) is 5.56 Å². The lowest BCUT2D eigenvalue weighted by Gasteiger charge is -2.12. The van der Waals surface area contributed by atoms with E-state index in [4.69, 9.17) is 0 Å². The monoisotopic (exact) mass is 562 g/mol. The summed E-state index contributed by atoms with van der Waals surface area (Å²) in [5.74, 6) is -1.92. The minimum absolute atomic E-state index is 0.0208. The van der Waals surface area contributed by atoms with E-state index in [1.54, 1.807) is 57.6 Å². The van der Waals surface area contributed by atoms with Gasteiger partial charge in [0.2, 0.25) is 5.69 Å². The molecule has 0 N–H and O–H groups in total. The molecule has 0 spiro atoms. The van der Waals surface area contributed by atoms with E-state index in [-0.39, 0.29) is 22.6 Å². The van der Waals surface area contributed by atoms with Crippen LogP contribution in [0.2, 0.25) is 0 Å². The molecular weight excluding hydrogens is 541 g/mol. The number of pyridine rings is 1. The number of aromatic nitrogens is 2. The van der Waals surface area contributed by atoms with E-state index in [2.05, 4.69) is 0 Å². The summed E-state index contributed by atoms with van der Waals surface area (Å²) in [6, 6.07) is 13.2. The number of hydrogen-bond acceptors (Lipinski definition) is 4. The topological polar surface area (TPSA) is 29.1 Å². The third-order valence-corrected chi connectivity index (χ3v) is 8.74. The summed E-state index contributed by atoms with van der Waals surface area (Å²) in [6.45, 7) is 2.14. The van der Waals surface area contributed by atoms with Gasteiger partial charge in [-0.25, -0.2) is 8.78 Å². The van der Waals surface area contributed by atoms with Gasteiger partial charge in [0.1, 0.15) is 14.2 Å². The summed E-state index contributed by atoms with van der Waals surface area (Å²) < 4.78 is 73.1. The molecule has 0 aliphatic carbocycles. The molecule has 4 aromatic rings. The second kappa shape index (κ2) is 10.0. The fourth-order valence-corrected chi connectivity index (χ4v) is 6.82. The van der Waals surface area contributed by atoms with Crippen LogP contribution in [0.25, 0.3) is 11.1 Å². The average molecular weight is 563 g/mol. The quantitative estimate of drug-likeness (QED) is 0.267. The zero-order chi connectivity index (χ0) is 27.2. The average Bonchev–Trinajstić information content (AvgIpc) is 3.38. The lowest BCUT2D eigenvalue weighted by molar-refractivity contribution is -0.690. The summed E-state index contributed by atoms with van der Waals surface area (Å²) in [7, 11) is 1.69. The van der Waals surface area contributed by atoms with Crippen LogP contribution >= 0.6 is 23.1 Å². The number of alkyl halides is 3. The van der Waals surface area contributed by atoms with E-state index in [1.807, 2.05) is 6.92 Å². The Kier molecular flexibility index (Phi) is 6.91. The van der Waals surface area contributed by atoms with Crippen LogP contribution in [0.4, 0.5) is 27.6 Å². The highest BCUT2D eigenvalue weighted by Gasteiger charge is 2.34. The van der Waals surface area contributed by atoms with Crippen molar-refractivity contribution in [2.45, 2.75) is 31.1 Å². The third kappa shape index (κ3) is 4.64. The van der Waals surface area contributed by atoms with Crippen LogP contribution in [0.15, 0.2) is 70.5 Å². The smallest absolute Gasteiger partial charge is 0.337 e. The molecule has 2 aromatic carbocycles. The Hall–Kier alpha value is -3.44. The highest BCUT2D eigenvalue weighted by Crippen LogP contribution is 2.47. The first-order valence-corrected chi connectivity index (χ1v) is 13.2. The predicted octanol–water partition coefficient (Wildman–Crippen LogP) is 4.70. The molecule has 0 unspecified atom stereocenters. The number of fused-ring (bicyclic) bond motifs is 1. The lowest BCUT2D eigenvalue weighted by atomic mass is 10.1. The molecule has 0 fully saturated rings. The van der Waals surface area contributed by atoms with E-state index in [0.29, 0.717) is 32.2 Å². The van der Waals surface area contributed by atoms with Gasteiger partial charge >= 0.3 is 6.18 Å². The van der Waals surface area contributed by atoms with Crippen molar-refractivity contribution < 1.29 is 26.5 Å². The van der Waals surface area contributed by atoms with Crippen LogP contribution in [0, 0.1) is 11.6 Å². The molecule has 4 nitrogen and oxygen atoms in total. The standard InChI is InChI=1S/C27H21F5N3OS2/c1-3-35-21(37-24(25(35)36)26-33(2)20-12-11-19(28)22(29)23(20)38-26)14-17-9-6-7-13-34(17)15-16-8-4-5-10-18(16)27(30,31)32/h4-14H,3,15H2,1-2H3/q+1/b26-24+. The van der Waals surface area contributed by atoms with E-state index in [0.717, 1.165) is 23.9 Å². The van der Waals surface area contributed by atoms with Gasteiger partial charge < -0.3 is 4.90 Å². The van der Waals surface area contributed by atoms with Crippen molar-refractivity contribution in [3.05, 3.63) is 109 Å². The predicted molar refractivity (Wildman–Crippen MR) is 138 cm³/mol. The minimum Gasteiger partial charge on any atom is -0.337 e. The Morgan fingerprint density at radius 3 is 2.50 bits per heavy atom. The van der Waals surface area contributed by atoms with Crippen molar-refractivity contribution in [3.8, 4) is 0 Å². The normalized spacial score (nSPS) is 15.3. The van der Waals surface area contributed by atoms with Crippen LogP contribution in [0.3, 0.4) is 0 Å². The molecule has 2 aromatic heterocycles. The Bertz CT molecular complexity index is 1730. The molecule has 0 radical (unpaired) electrons. The number of thiazole rings is 1. The molecule has 0 bridgehead atoms. The summed E-state index contributed by atoms with van der Waals surface area (Å²) >= 11 is 2.19. The van der Waals surface area contributed by atoms with Gasteiger partial charge in [-0.2, -0.15) is 17.7 Å². The van der Waals surface area contributed by atoms with Gasteiger partial charge in [-0.05, 0) is 31.2 Å². The van der Waals surface area contributed by atoms with Crippen LogP contribution in [0.5, 0.6) is 0 Å². The Morgan fingerprint density at radius 1 is 1.03 bits per heavy atom. The SMILES string of the molecule is CCn1c(=O)/c(=C2\Sc3c(ccc(F)c3F)N2C)s/c1=C\c1cccc[n+]1Cc1ccccc1C(F)(F)F. The van der Waals surface area contributed by atoms with Gasteiger partial charge in [-0.15, -0.1) is 11.3 Å². The first-order chi connectivity index (χ1) is 18.1. The van der Waals surface area contributed by atoms with Crippen molar-refractivity contribution in [3.63, 3.8) is 0 Å². The summed E-state index contributed by atoms with van der Waals surface area (Å²) in [5.41, 5.74) is 0.212. The molecule has 11 heteroatoms. The molecule has 5 rings (SSSR count). The highest BCUT2D eigenvalue weighted by atomic mass is 32.2. The molecule has 0 saturated heterocycles. The van der Waals surface area contributed by atoms with Crippen molar-refractivity contribution in [1.82, 2.24) is 4.57 Å². The highest BCUT2D eigenvalue weighted by molar-refractivity contribution is 8.08. The number of halogens is 5. The number of nitrogens with zero attached hydrogens (tertiary/aromatic N) is 3. The van der Waals surface area contributed by atoms with Crippen LogP contribution in [-0.2, 0) is 19.3 Å². The van der Waals surface area contributed by atoms with Crippen molar-refractivity contribution in [2.24, 2.45) is 0 Å². The molecule has 0 atom stereocenters. The number of anilines is 1. The van der Waals surface area contributed by atoms with E-state index >= 15 is 0 Å². The van der Waals surface area contributed by atoms with E-state index < -0.39 is 23.4 Å². The van der Waals surface area contributed by atoms with Gasteiger partial charge in [0, 0.05) is 37.4 Å². The Labute approximate surface area is 222 Å². The number of benzene rings is 2. The largest absolute Gasteiger partial charge is 0.416 e. The maximum atomic E-state index is 14.4. The molecule has 3 heterocycles. The van der Waals surface area contributed by atoms with Crippen molar-refractivity contribution in [1.29, 1.82) is 0 Å². The van der Waals surface area contributed by atoms with Crippen LogP contribution in [0.1, 0.15) is 23.7 Å². The lowest BCUT2D eigenvalue weighted by Crippen LogP contribution is -2.39. The van der Waals surface area contributed by atoms with Gasteiger partial charge in [0.05, 0.1) is 16.1 Å². The zero-order valence-electron chi connectivity index (χ0n) is 20.2. The molecule has 196 valence electrons. The Morgan fingerprint density at radius 2 is 1.76 bits per heavy atom. The molecule has 1 aliphatic rings. The number of thioether (sulfide) groups is 1. The van der Waals surface area contributed by atoms with Gasteiger partial charge in [0.15, 0.2) is 24.4 Å². The molecule has 38 heavy (non-hydrogen) atoms. The molecule has 1 aliphatic heterocycles. The minimum atomic E-state index is -4.48. The van der Waals surface area contributed by atoms with Crippen LogP contribution < -0.4 is 24.2 Å². The zero-order valence-corrected chi connectivity index (χ0v) is 21.9. The van der Waals surface area contributed by atoms with Crippen molar-refractivity contribution >= 4 is 39.9 Å². The Balaban J connectivity index is 1.63. The van der Waals surface area contributed by atoms with Crippen molar-refractivity contribution in [2.75, 3.05) is 11.9 Å². The van der Waals surface area contributed by atoms with E-state index in [1.165, 1.54) is 29.5 Å². The number of rotatable bonds is 4. The van der Waals surface area contributed by atoms with E-state index in [9.17, 15) is 26.7 Å². The second-order valence-corrected chi connectivity index (χ2v) is 10.6. The fraction of sp³-hybridized carbons (Fsp3) is 0.185. The third-order valence-electron chi connectivity index (χ3n) is 6.23. The first kappa shape index (κ1) is 26.2. The van der Waals surface area contributed by atoms with Gasteiger partial charge in [-0.3, -0.25) is 9.36 Å². The number of hydrogen-bond donors (Lipinski definition) is 0. The van der Waals surface area contributed by atoms with Crippen LogP contribution in [-0.4, -0.2) is 11.6 Å². The maximum Gasteiger partial charge on any atom is 0.416 e. The maximum absolute atomic E-state index is 14.4. The summed E-state index contributed by atoms with van der Waals surface area (Å²) in [6.07, 6.45) is -1.04. The summed E-state index contributed by atoms with van der Waals surface area (Å²) in [5, 5.41) is 0.487. The second-order valence-electron chi connectivity index (χ2n) is 8.55. The molecule has 0 amide bonds.